The fourth-order valence-corrected chi connectivity index (χ4v) is 2.13. The number of pyridine rings is 1. The number of aromatic nitrogens is 1. The second-order valence-electron chi connectivity index (χ2n) is 4.64. The van der Waals surface area contributed by atoms with Crippen molar-refractivity contribution in [2.45, 2.75) is 19.4 Å². The van der Waals surface area contributed by atoms with Crippen molar-refractivity contribution in [1.29, 1.82) is 0 Å². The van der Waals surface area contributed by atoms with E-state index in [2.05, 4.69) is 10.4 Å². The highest BCUT2D eigenvalue weighted by Crippen LogP contribution is 2.25. The lowest BCUT2D eigenvalue weighted by molar-refractivity contribution is 0.405. The average molecular weight is 275 g/mol. The highest BCUT2D eigenvalue weighted by molar-refractivity contribution is 5.38. The van der Waals surface area contributed by atoms with Crippen LogP contribution < -0.4 is 16.0 Å². The Bertz CT molecular complexity index is 572. The summed E-state index contributed by atoms with van der Waals surface area (Å²) in [5.41, 5.74) is 5.58. The van der Waals surface area contributed by atoms with E-state index >= 15 is 0 Å². The van der Waals surface area contributed by atoms with E-state index in [9.17, 15) is 4.39 Å². The molecule has 0 saturated carbocycles. The van der Waals surface area contributed by atoms with Crippen molar-refractivity contribution in [2.75, 3.05) is 7.11 Å². The lowest BCUT2D eigenvalue weighted by atomic mass is 10.0. The summed E-state index contributed by atoms with van der Waals surface area (Å²) >= 11 is 0. The van der Waals surface area contributed by atoms with Crippen molar-refractivity contribution in [3.63, 3.8) is 0 Å². The van der Waals surface area contributed by atoms with Gasteiger partial charge in [-0.05, 0) is 37.1 Å². The molecular weight excluding hydrogens is 257 g/mol. The molecule has 0 amide bonds. The van der Waals surface area contributed by atoms with Gasteiger partial charge in [-0.25, -0.2) is 4.39 Å². The van der Waals surface area contributed by atoms with Gasteiger partial charge in [-0.2, -0.15) is 0 Å². The van der Waals surface area contributed by atoms with Gasteiger partial charge in [0.25, 0.3) is 0 Å². The summed E-state index contributed by atoms with van der Waals surface area (Å²) in [7, 11) is 1.63. The maximum Gasteiger partial charge on any atom is 0.141 e. The van der Waals surface area contributed by atoms with Crippen LogP contribution in [0.1, 0.15) is 22.9 Å². The maximum absolute atomic E-state index is 12.9. The fourth-order valence-electron chi connectivity index (χ4n) is 2.13. The van der Waals surface area contributed by atoms with Gasteiger partial charge in [0.05, 0.1) is 25.0 Å². The van der Waals surface area contributed by atoms with Crippen LogP contribution in [0.4, 0.5) is 4.39 Å². The van der Waals surface area contributed by atoms with E-state index < -0.39 is 0 Å². The van der Waals surface area contributed by atoms with Gasteiger partial charge in [-0.3, -0.25) is 16.3 Å². The van der Waals surface area contributed by atoms with E-state index in [0.29, 0.717) is 12.1 Å². The van der Waals surface area contributed by atoms with E-state index in [0.717, 1.165) is 16.9 Å². The molecule has 1 heterocycles. The second kappa shape index (κ2) is 6.45. The van der Waals surface area contributed by atoms with Crippen LogP contribution in [-0.2, 0) is 6.42 Å². The topological polar surface area (TPSA) is 60.2 Å². The lowest BCUT2D eigenvalue weighted by Crippen LogP contribution is -2.30. The molecule has 1 atom stereocenters. The SMILES string of the molecule is COc1ccc(C)cc1CC(NN)c1ccc(F)cn1. The second-order valence-corrected chi connectivity index (χ2v) is 4.64. The largest absolute Gasteiger partial charge is 0.496 e. The molecule has 1 aromatic heterocycles. The molecule has 2 rings (SSSR count). The molecule has 5 heteroatoms. The Balaban J connectivity index is 2.26. The minimum Gasteiger partial charge on any atom is -0.496 e. The van der Waals surface area contributed by atoms with Gasteiger partial charge in [0.1, 0.15) is 11.6 Å². The molecule has 4 nitrogen and oxygen atoms in total. The van der Waals surface area contributed by atoms with Gasteiger partial charge in [-0.1, -0.05) is 17.7 Å². The zero-order chi connectivity index (χ0) is 14.5. The first-order valence-electron chi connectivity index (χ1n) is 6.35. The highest BCUT2D eigenvalue weighted by atomic mass is 19.1. The van der Waals surface area contributed by atoms with Gasteiger partial charge in [-0.15, -0.1) is 0 Å². The number of hydrogen-bond donors (Lipinski definition) is 2. The standard InChI is InChI=1S/C15H18FN3O/c1-10-3-6-15(20-2)11(7-10)8-14(19-17)13-5-4-12(16)9-18-13/h3-7,9,14,19H,8,17H2,1-2H3. The van der Waals surface area contributed by atoms with Gasteiger partial charge < -0.3 is 4.74 Å². The van der Waals surface area contributed by atoms with Gasteiger partial charge in [0, 0.05) is 0 Å². The molecule has 0 radical (unpaired) electrons. The molecule has 0 saturated heterocycles. The van der Waals surface area contributed by atoms with Gasteiger partial charge in [0.2, 0.25) is 0 Å². The first-order valence-corrected chi connectivity index (χ1v) is 6.35. The Hall–Kier alpha value is -1.98. The molecular formula is C15H18FN3O. The molecule has 20 heavy (non-hydrogen) atoms. The van der Waals surface area contributed by atoms with Crippen LogP contribution >= 0.6 is 0 Å². The Labute approximate surface area is 117 Å². The number of benzene rings is 1. The number of nitrogens with two attached hydrogens (primary N) is 1. The van der Waals surface area contributed by atoms with Crippen LogP contribution in [0.5, 0.6) is 5.75 Å². The van der Waals surface area contributed by atoms with E-state index in [1.807, 2.05) is 25.1 Å². The van der Waals surface area contributed by atoms with Crippen molar-refractivity contribution in [1.82, 2.24) is 10.4 Å². The Kier molecular flexibility index (Phi) is 4.65. The molecule has 106 valence electrons. The fraction of sp³-hybridized carbons (Fsp3) is 0.267. The minimum atomic E-state index is -0.363. The van der Waals surface area contributed by atoms with E-state index in [1.165, 1.54) is 12.3 Å². The van der Waals surface area contributed by atoms with Crippen LogP contribution in [0, 0.1) is 12.7 Å². The zero-order valence-corrected chi connectivity index (χ0v) is 11.6. The predicted molar refractivity (Wildman–Crippen MR) is 75.7 cm³/mol. The summed E-state index contributed by atoms with van der Waals surface area (Å²) in [6, 6.07) is 8.76. The number of ether oxygens (including phenoxy) is 1. The molecule has 3 N–H and O–H groups in total. The van der Waals surface area contributed by atoms with E-state index in [1.54, 1.807) is 13.2 Å². The number of halogens is 1. The third kappa shape index (κ3) is 3.31. The normalized spacial score (nSPS) is 12.2. The van der Waals surface area contributed by atoms with E-state index in [4.69, 9.17) is 10.6 Å². The summed E-state index contributed by atoms with van der Waals surface area (Å²) in [6.07, 6.45) is 1.80. The van der Waals surface area contributed by atoms with Crippen molar-refractivity contribution in [3.05, 3.63) is 59.2 Å². The molecule has 1 aromatic carbocycles. The summed E-state index contributed by atoms with van der Waals surface area (Å²) in [4.78, 5) is 4.07. The third-order valence-corrected chi connectivity index (χ3v) is 3.17. The number of methoxy groups -OCH3 is 1. The molecule has 2 aromatic rings. The Morgan fingerprint density at radius 2 is 2.15 bits per heavy atom. The first kappa shape index (κ1) is 14.4. The molecule has 0 bridgehead atoms. The smallest absolute Gasteiger partial charge is 0.141 e. The quantitative estimate of drug-likeness (QED) is 0.649. The Morgan fingerprint density at radius 1 is 1.35 bits per heavy atom. The molecule has 0 spiro atoms. The van der Waals surface area contributed by atoms with E-state index in [-0.39, 0.29) is 11.9 Å². The summed E-state index contributed by atoms with van der Waals surface area (Å²) in [5.74, 6) is 6.04. The van der Waals surface area contributed by atoms with Crippen LogP contribution in [0.15, 0.2) is 36.5 Å². The monoisotopic (exact) mass is 275 g/mol. The van der Waals surface area contributed by atoms with Crippen LogP contribution in [0.25, 0.3) is 0 Å². The van der Waals surface area contributed by atoms with Crippen molar-refractivity contribution in [3.8, 4) is 5.75 Å². The number of rotatable bonds is 5. The lowest BCUT2D eigenvalue weighted by Gasteiger charge is -2.17. The number of aryl methyl sites for hydroxylation is 1. The number of hydrazine groups is 1. The molecule has 0 fully saturated rings. The van der Waals surface area contributed by atoms with Crippen LogP contribution in [0.3, 0.4) is 0 Å². The molecule has 1 unspecified atom stereocenters. The summed E-state index contributed by atoms with van der Waals surface area (Å²) in [6.45, 7) is 2.02. The first-order chi connectivity index (χ1) is 9.63. The zero-order valence-electron chi connectivity index (χ0n) is 11.6. The summed E-state index contributed by atoms with van der Waals surface area (Å²) in [5, 5.41) is 0. The van der Waals surface area contributed by atoms with Gasteiger partial charge in [0.15, 0.2) is 0 Å². The van der Waals surface area contributed by atoms with Crippen LogP contribution in [0.2, 0.25) is 0 Å². The maximum atomic E-state index is 12.9. The molecule has 0 aliphatic heterocycles. The third-order valence-electron chi connectivity index (χ3n) is 3.17. The number of nitrogens with zero attached hydrogens (tertiary/aromatic N) is 1. The van der Waals surface area contributed by atoms with Crippen LogP contribution in [-0.4, -0.2) is 12.1 Å². The van der Waals surface area contributed by atoms with Crippen molar-refractivity contribution >= 4 is 0 Å². The van der Waals surface area contributed by atoms with Gasteiger partial charge >= 0.3 is 0 Å². The van der Waals surface area contributed by atoms with Crippen molar-refractivity contribution in [2.24, 2.45) is 5.84 Å². The molecule has 0 aliphatic carbocycles. The summed E-state index contributed by atoms with van der Waals surface area (Å²) < 4.78 is 18.3. The van der Waals surface area contributed by atoms with Crippen molar-refractivity contribution < 1.29 is 9.13 Å². The minimum absolute atomic E-state index is 0.203. The Morgan fingerprint density at radius 3 is 2.75 bits per heavy atom. The average Bonchev–Trinajstić information content (AvgIpc) is 2.46. The highest BCUT2D eigenvalue weighted by Gasteiger charge is 2.15. The number of hydrogen-bond acceptors (Lipinski definition) is 4. The predicted octanol–water partition coefficient (Wildman–Crippen LogP) is 2.28. The number of nitrogens with one attached hydrogen (secondary N) is 1. The molecule has 0 aliphatic rings.